The maximum absolute atomic E-state index is 13.1. The van der Waals surface area contributed by atoms with E-state index in [0.29, 0.717) is 24.3 Å². The molecule has 0 saturated carbocycles. The first kappa shape index (κ1) is 25.4. The third kappa shape index (κ3) is 4.71. The van der Waals surface area contributed by atoms with Crippen LogP contribution in [0.5, 0.6) is 5.75 Å². The molecule has 1 saturated heterocycles. The van der Waals surface area contributed by atoms with E-state index in [1.165, 1.54) is 43.6 Å². The molecule has 1 atom stereocenters. The summed E-state index contributed by atoms with van der Waals surface area (Å²) in [6.07, 6.45) is 0.326. The van der Waals surface area contributed by atoms with Crippen LogP contribution in [0.2, 0.25) is 0 Å². The summed E-state index contributed by atoms with van der Waals surface area (Å²) in [4.78, 5) is 40.4. The predicted octanol–water partition coefficient (Wildman–Crippen LogP) is 2.64. The summed E-state index contributed by atoms with van der Waals surface area (Å²) in [6.45, 7) is 5.42. The van der Waals surface area contributed by atoms with Crippen molar-refractivity contribution in [3.63, 3.8) is 0 Å². The van der Waals surface area contributed by atoms with Crippen LogP contribution >= 0.6 is 0 Å². The molecule has 2 aromatic rings. The number of sulfonamides is 1. The number of carbonyl (C=O) groups is 3. The first-order chi connectivity index (χ1) is 16.0. The van der Waals surface area contributed by atoms with Crippen LogP contribution in [0.4, 0.5) is 0 Å². The number of rotatable bonds is 8. The van der Waals surface area contributed by atoms with Crippen LogP contribution in [0, 0.1) is 13.8 Å². The molecule has 0 unspecified atom stereocenters. The molecule has 1 N–H and O–H groups in total. The monoisotopic (exact) mass is 492 g/mol. The van der Waals surface area contributed by atoms with Crippen LogP contribution < -0.4 is 4.74 Å². The molecule has 0 amide bonds. The van der Waals surface area contributed by atoms with Gasteiger partial charge < -0.3 is 19.2 Å². The lowest BCUT2D eigenvalue weighted by atomic mass is 10.1. The lowest BCUT2D eigenvalue weighted by Crippen LogP contribution is -2.29. The maximum Gasteiger partial charge on any atom is 0.339 e. The Morgan fingerprint density at radius 1 is 1.06 bits per heavy atom. The van der Waals surface area contributed by atoms with Crippen LogP contribution in [0.1, 0.15) is 62.2 Å². The van der Waals surface area contributed by atoms with Crippen LogP contribution in [0.15, 0.2) is 23.1 Å². The van der Waals surface area contributed by atoms with E-state index in [0.717, 1.165) is 12.8 Å². The highest BCUT2D eigenvalue weighted by Crippen LogP contribution is 2.30. The smallest absolute Gasteiger partial charge is 0.339 e. The second-order valence-electron chi connectivity index (χ2n) is 8.01. The molecule has 0 radical (unpaired) electrons. The summed E-state index contributed by atoms with van der Waals surface area (Å²) in [6, 6.07) is 3.96. The number of aromatic amines is 1. The van der Waals surface area contributed by atoms with Gasteiger partial charge in [0.25, 0.3) is 0 Å². The molecule has 11 heteroatoms. The zero-order chi connectivity index (χ0) is 25.2. The Kier molecular flexibility index (Phi) is 7.47. The number of aryl methyl sites for hydroxylation is 1. The number of esters is 2. The van der Waals surface area contributed by atoms with Gasteiger partial charge in [-0.2, -0.15) is 4.31 Å². The largest absolute Gasteiger partial charge is 0.495 e. The number of Topliss-reactive ketones (excluding diaryl/α,β-unsaturated/α-hetero) is 1. The highest BCUT2D eigenvalue weighted by atomic mass is 32.2. The van der Waals surface area contributed by atoms with Crippen LogP contribution in [-0.2, 0) is 19.5 Å². The Morgan fingerprint density at radius 2 is 1.71 bits per heavy atom. The lowest BCUT2D eigenvalue weighted by Gasteiger charge is -2.18. The molecule has 1 aliphatic heterocycles. The van der Waals surface area contributed by atoms with Gasteiger partial charge in [0.1, 0.15) is 10.6 Å². The van der Waals surface area contributed by atoms with E-state index >= 15 is 0 Å². The van der Waals surface area contributed by atoms with Gasteiger partial charge in [0.15, 0.2) is 6.10 Å². The number of nitrogens with zero attached hydrogens (tertiary/aromatic N) is 1. The minimum atomic E-state index is -3.86. The zero-order valence-electron chi connectivity index (χ0n) is 19.8. The second kappa shape index (κ2) is 9.98. The summed E-state index contributed by atoms with van der Waals surface area (Å²) in [5.41, 5.74) is 1.19. The van der Waals surface area contributed by atoms with Gasteiger partial charge in [0.05, 0.1) is 31.0 Å². The van der Waals surface area contributed by atoms with Crippen molar-refractivity contribution < 1.29 is 37.0 Å². The summed E-state index contributed by atoms with van der Waals surface area (Å²) < 4.78 is 42.7. The average molecular weight is 493 g/mol. The van der Waals surface area contributed by atoms with Gasteiger partial charge in [-0.1, -0.05) is 0 Å². The predicted molar refractivity (Wildman–Crippen MR) is 122 cm³/mol. The Balaban J connectivity index is 1.84. The highest BCUT2D eigenvalue weighted by molar-refractivity contribution is 7.89. The summed E-state index contributed by atoms with van der Waals surface area (Å²) >= 11 is 0. The summed E-state index contributed by atoms with van der Waals surface area (Å²) in [5, 5.41) is 0. The lowest BCUT2D eigenvalue weighted by molar-refractivity contribution is 0.0316. The van der Waals surface area contributed by atoms with Crippen LogP contribution in [0.25, 0.3) is 0 Å². The molecule has 34 heavy (non-hydrogen) atoms. The first-order valence-corrected chi connectivity index (χ1v) is 12.2. The van der Waals surface area contributed by atoms with Crippen molar-refractivity contribution in [3.8, 4) is 5.75 Å². The molecular formula is C23H28N2O8S. The molecule has 1 aromatic heterocycles. The van der Waals surface area contributed by atoms with Crippen LogP contribution in [-0.4, -0.2) is 68.8 Å². The molecule has 0 bridgehead atoms. The van der Waals surface area contributed by atoms with E-state index in [1.54, 1.807) is 13.8 Å². The Morgan fingerprint density at radius 3 is 2.29 bits per heavy atom. The number of hydrogen-bond acceptors (Lipinski definition) is 8. The number of benzene rings is 1. The van der Waals surface area contributed by atoms with Gasteiger partial charge in [0, 0.05) is 18.8 Å². The number of carbonyl (C=O) groups excluding carboxylic acids is 3. The number of ether oxygens (including phenoxy) is 3. The van der Waals surface area contributed by atoms with E-state index in [2.05, 4.69) is 4.98 Å². The molecule has 0 aliphatic carbocycles. The number of methoxy groups -OCH3 is 2. The summed E-state index contributed by atoms with van der Waals surface area (Å²) in [5.74, 6) is -1.88. The number of nitrogens with one attached hydrogen (secondary N) is 1. The number of ketones is 1. The van der Waals surface area contributed by atoms with Gasteiger partial charge in [-0.25, -0.2) is 18.0 Å². The molecule has 3 rings (SSSR count). The second-order valence-corrected chi connectivity index (χ2v) is 9.91. The SMILES string of the molecule is COC(=O)c1c(C)[nH]c(C(=O)[C@@H](C)OC(=O)c2ccc(OC)c(S(=O)(=O)N3CCCC3)c2)c1C. The quantitative estimate of drug-likeness (QED) is 0.439. The zero-order valence-corrected chi connectivity index (χ0v) is 20.6. The topological polar surface area (TPSA) is 132 Å². The first-order valence-electron chi connectivity index (χ1n) is 10.7. The third-order valence-electron chi connectivity index (χ3n) is 5.81. The molecule has 1 fully saturated rings. The number of H-pyrrole nitrogens is 1. The Hall–Kier alpha value is -3.18. The van der Waals surface area contributed by atoms with Crippen molar-refractivity contribution in [2.75, 3.05) is 27.3 Å². The van der Waals surface area contributed by atoms with E-state index in [4.69, 9.17) is 14.2 Å². The third-order valence-corrected chi connectivity index (χ3v) is 7.73. The number of hydrogen-bond donors (Lipinski definition) is 1. The number of aromatic nitrogens is 1. The Bertz CT molecular complexity index is 1230. The van der Waals surface area contributed by atoms with Crippen molar-refractivity contribution in [2.24, 2.45) is 0 Å². The van der Waals surface area contributed by atoms with Gasteiger partial charge >= 0.3 is 11.9 Å². The van der Waals surface area contributed by atoms with Gasteiger partial charge in [-0.05, 0) is 57.4 Å². The fourth-order valence-electron chi connectivity index (χ4n) is 3.96. The van der Waals surface area contributed by atoms with E-state index in [9.17, 15) is 22.8 Å². The fraction of sp³-hybridized carbons (Fsp3) is 0.435. The maximum atomic E-state index is 13.1. The molecule has 0 spiro atoms. The Labute approximate surface area is 198 Å². The van der Waals surface area contributed by atoms with E-state index in [1.807, 2.05) is 0 Å². The molecular weight excluding hydrogens is 464 g/mol. The summed E-state index contributed by atoms with van der Waals surface area (Å²) in [7, 11) is -1.27. The molecule has 184 valence electrons. The fourth-order valence-corrected chi connectivity index (χ4v) is 5.66. The molecule has 2 heterocycles. The van der Waals surface area contributed by atoms with Gasteiger partial charge in [-0.15, -0.1) is 0 Å². The van der Waals surface area contributed by atoms with Crippen LogP contribution in [0.3, 0.4) is 0 Å². The van der Waals surface area contributed by atoms with Gasteiger partial charge in [0.2, 0.25) is 15.8 Å². The van der Waals surface area contributed by atoms with Crippen molar-refractivity contribution in [3.05, 3.63) is 46.3 Å². The minimum Gasteiger partial charge on any atom is -0.495 e. The highest BCUT2D eigenvalue weighted by Gasteiger charge is 2.32. The van der Waals surface area contributed by atoms with Crippen molar-refractivity contribution in [2.45, 2.75) is 44.6 Å². The molecule has 1 aromatic carbocycles. The minimum absolute atomic E-state index is 0.0344. The average Bonchev–Trinajstić information content (AvgIpc) is 3.46. The van der Waals surface area contributed by atoms with Gasteiger partial charge in [-0.3, -0.25) is 4.79 Å². The van der Waals surface area contributed by atoms with Crippen molar-refractivity contribution >= 4 is 27.7 Å². The molecule has 10 nitrogen and oxygen atoms in total. The standard InChI is InChI=1S/C23H28N2O8S/c1-13-19(23(28)32-5)14(2)24-20(13)21(26)15(3)33-22(27)16-8-9-17(31-4)18(12-16)34(29,30)25-10-6-7-11-25/h8-9,12,15,24H,6-7,10-11H2,1-5H3/t15-/m1/s1. The van der Waals surface area contributed by atoms with E-state index < -0.39 is 33.8 Å². The van der Waals surface area contributed by atoms with Crippen molar-refractivity contribution in [1.29, 1.82) is 0 Å². The van der Waals surface area contributed by atoms with E-state index in [-0.39, 0.29) is 27.5 Å². The molecule has 1 aliphatic rings. The normalized spacial score (nSPS) is 15.1. The van der Waals surface area contributed by atoms with Crippen molar-refractivity contribution in [1.82, 2.24) is 9.29 Å².